The van der Waals surface area contributed by atoms with Crippen LogP contribution in [0.15, 0.2) is 72.8 Å². The fraction of sp³-hybridized carbons (Fsp3) is 0.500. The maximum atomic E-state index is 14.0. The van der Waals surface area contributed by atoms with Crippen LogP contribution in [-0.2, 0) is 4.79 Å². The Morgan fingerprint density at radius 3 is 2.43 bits per heavy atom. The number of nitrogens with zero attached hydrogens (tertiary/aromatic N) is 2. The third kappa shape index (κ3) is 7.99. The average molecular weight is 569 g/mol. The lowest BCUT2D eigenvalue weighted by atomic mass is 9.87. The second-order valence-electron chi connectivity index (χ2n) is 12.6. The quantitative estimate of drug-likeness (QED) is 0.312. The van der Waals surface area contributed by atoms with Gasteiger partial charge in [-0.2, -0.15) is 0 Å². The first-order valence-corrected chi connectivity index (χ1v) is 16.0. The lowest BCUT2D eigenvalue weighted by Crippen LogP contribution is -2.47. The minimum atomic E-state index is -0.160. The van der Waals surface area contributed by atoms with Crippen LogP contribution in [0.1, 0.15) is 67.8 Å². The molecule has 2 N–H and O–H groups in total. The first-order valence-electron chi connectivity index (χ1n) is 16.0. The maximum Gasteiger partial charge on any atom is 0.251 e. The summed E-state index contributed by atoms with van der Waals surface area (Å²) < 4.78 is 0. The maximum absolute atomic E-state index is 14.0. The van der Waals surface area contributed by atoms with Crippen molar-refractivity contribution in [1.29, 1.82) is 0 Å². The number of hydrogen-bond donors (Lipinski definition) is 2. The predicted molar refractivity (Wildman–Crippen MR) is 172 cm³/mol. The van der Waals surface area contributed by atoms with Gasteiger partial charge in [0, 0.05) is 44.2 Å². The summed E-state index contributed by atoms with van der Waals surface area (Å²) in [6.07, 6.45) is 5.52. The molecule has 2 aliphatic rings. The Kier molecular flexibility index (Phi) is 10.7. The van der Waals surface area contributed by atoms with E-state index < -0.39 is 0 Å². The number of amides is 2. The number of hydrogen-bond acceptors (Lipinski definition) is 4. The molecule has 3 atom stereocenters. The Hall–Kier alpha value is -3.22. The molecule has 2 heterocycles. The molecule has 6 nitrogen and oxygen atoms in total. The highest BCUT2D eigenvalue weighted by atomic mass is 16.2. The summed E-state index contributed by atoms with van der Waals surface area (Å²) in [5.41, 5.74) is 1.98. The number of likely N-dealkylation sites (tertiary alicyclic amines) is 1. The summed E-state index contributed by atoms with van der Waals surface area (Å²) in [6, 6.07) is 24.4. The van der Waals surface area contributed by atoms with E-state index in [0.29, 0.717) is 24.6 Å². The summed E-state index contributed by atoms with van der Waals surface area (Å²) >= 11 is 0. The molecule has 2 amide bonds. The van der Waals surface area contributed by atoms with E-state index in [-0.39, 0.29) is 29.7 Å². The van der Waals surface area contributed by atoms with Gasteiger partial charge in [-0.3, -0.25) is 9.59 Å². The number of fused-ring (bicyclic) bond motifs is 1. The molecule has 0 saturated carbocycles. The van der Waals surface area contributed by atoms with E-state index in [0.717, 1.165) is 56.3 Å². The number of nitrogens with one attached hydrogen (secondary N) is 2. The van der Waals surface area contributed by atoms with Crippen molar-refractivity contribution >= 4 is 22.6 Å². The third-order valence-electron chi connectivity index (χ3n) is 9.22. The molecular formula is C36H48N4O2. The molecule has 3 aromatic carbocycles. The highest BCUT2D eigenvalue weighted by Crippen LogP contribution is 2.27. The van der Waals surface area contributed by atoms with Gasteiger partial charge in [-0.15, -0.1) is 0 Å². The van der Waals surface area contributed by atoms with E-state index in [4.69, 9.17) is 0 Å². The van der Waals surface area contributed by atoms with Crippen LogP contribution < -0.4 is 10.6 Å². The first-order chi connectivity index (χ1) is 20.5. The molecule has 224 valence electrons. The van der Waals surface area contributed by atoms with Crippen LogP contribution in [-0.4, -0.2) is 73.5 Å². The predicted octanol–water partition coefficient (Wildman–Crippen LogP) is 5.69. The van der Waals surface area contributed by atoms with E-state index in [1.165, 1.54) is 24.8 Å². The molecular weight excluding hydrogens is 520 g/mol. The van der Waals surface area contributed by atoms with Gasteiger partial charge in [0.05, 0.1) is 6.04 Å². The summed E-state index contributed by atoms with van der Waals surface area (Å²) in [6.45, 7) is 10.6. The fourth-order valence-corrected chi connectivity index (χ4v) is 6.62. The number of benzene rings is 3. The zero-order chi connectivity index (χ0) is 29.3. The van der Waals surface area contributed by atoms with E-state index in [9.17, 15) is 9.59 Å². The Morgan fingerprint density at radius 1 is 0.929 bits per heavy atom. The van der Waals surface area contributed by atoms with Crippen LogP contribution in [0.4, 0.5) is 0 Å². The van der Waals surface area contributed by atoms with Gasteiger partial charge in [-0.25, -0.2) is 0 Å². The molecule has 0 spiro atoms. The van der Waals surface area contributed by atoms with Crippen LogP contribution in [0.5, 0.6) is 0 Å². The molecule has 2 fully saturated rings. The zero-order valence-electron chi connectivity index (χ0n) is 25.4. The van der Waals surface area contributed by atoms with Crippen molar-refractivity contribution in [3.63, 3.8) is 0 Å². The molecule has 2 saturated heterocycles. The van der Waals surface area contributed by atoms with Gasteiger partial charge >= 0.3 is 0 Å². The van der Waals surface area contributed by atoms with Crippen molar-refractivity contribution in [3.05, 3.63) is 83.9 Å². The minimum absolute atomic E-state index is 0.0429. The molecule has 0 bridgehead atoms. The topological polar surface area (TPSA) is 64.7 Å². The zero-order valence-corrected chi connectivity index (χ0v) is 25.4. The van der Waals surface area contributed by atoms with E-state index in [1.54, 1.807) is 0 Å². The SMILES string of the molecule is CC(C)[C@H](CN1CC(CCNC(=O)c2ccc3ccccc3c2)CN[C@@H](CCN2CCCCC2)C1=O)c1ccccc1. The summed E-state index contributed by atoms with van der Waals surface area (Å²) in [5.74, 6) is 1.16. The van der Waals surface area contributed by atoms with Gasteiger partial charge in [0.1, 0.15) is 0 Å². The lowest BCUT2D eigenvalue weighted by molar-refractivity contribution is -0.133. The first kappa shape index (κ1) is 30.2. The molecule has 0 radical (unpaired) electrons. The van der Waals surface area contributed by atoms with Gasteiger partial charge in [0.25, 0.3) is 5.91 Å². The summed E-state index contributed by atoms with van der Waals surface area (Å²) in [4.78, 5) is 31.6. The van der Waals surface area contributed by atoms with E-state index >= 15 is 0 Å². The highest BCUT2D eigenvalue weighted by molar-refractivity contribution is 5.98. The summed E-state index contributed by atoms with van der Waals surface area (Å²) in [5, 5.41) is 9.00. The van der Waals surface area contributed by atoms with E-state index in [2.05, 4.69) is 70.7 Å². The van der Waals surface area contributed by atoms with Crippen molar-refractivity contribution < 1.29 is 9.59 Å². The van der Waals surface area contributed by atoms with Gasteiger partial charge in [0.15, 0.2) is 0 Å². The molecule has 3 aromatic rings. The number of piperidine rings is 1. The third-order valence-corrected chi connectivity index (χ3v) is 9.22. The Balaban J connectivity index is 1.24. The van der Waals surface area contributed by atoms with Crippen molar-refractivity contribution in [2.45, 2.75) is 57.9 Å². The monoisotopic (exact) mass is 568 g/mol. The molecule has 5 rings (SSSR count). The van der Waals surface area contributed by atoms with Crippen molar-refractivity contribution in [2.24, 2.45) is 11.8 Å². The van der Waals surface area contributed by atoms with Gasteiger partial charge in [-0.1, -0.05) is 80.9 Å². The van der Waals surface area contributed by atoms with Crippen LogP contribution in [0.3, 0.4) is 0 Å². The smallest absolute Gasteiger partial charge is 0.251 e. The van der Waals surface area contributed by atoms with Crippen LogP contribution in [0.2, 0.25) is 0 Å². The second kappa shape index (κ2) is 14.8. The lowest BCUT2D eigenvalue weighted by Gasteiger charge is -2.33. The van der Waals surface area contributed by atoms with Crippen molar-refractivity contribution in [1.82, 2.24) is 20.4 Å². The number of rotatable bonds is 11. The second-order valence-corrected chi connectivity index (χ2v) is 12.6. The van der Waals surface area contributed by atoms with Crippen LogP contribution >= 0.6 is 0 Å². The average Bonchev–Trinajstić information content (AvgIpc) is 3.17. The van der Waals surface area contributed by atoms with Crippen molar-refractivity contribution in [3.8, 4) is 0 Å². The Bertz CT molecular complexity index is 1300. The van der Waals surface area contributed by atoms with Gasteiger partial charge in [-0.05, 0) is 79.1 Å². The standard InChI is InChI=1S/C36H48N4O2/c1-27(2)33(30-12-5-3-6-13-30)26-40-25-28(24-38-34(36(40)42)18-22-39-20-9-4-10-21-39)17-19-37-35(41)32-16-15-29-11-7-8-14-31(29)23-32/h3,5-8,11-16,23,27-28,33-34,38H,4,9-10,17-22,24-26H2,1-2H3,(H,37,41)/t28?,33-,34-/m0/s1. The van der Waals surface area contributed by atoms with E-state index in [1.807, 2.05) is 36.4 Å². The molecule has 2 aliphatic heterocycles. The van der Waals surface area contributed by atoms with Crippen LogP contribution in [0, 0.1) is 11.8 Å². The number of carbonyl (C=O) groups is 2. The van der Waals surface area contributed by atoms with Crippen molar-refractivity contribution in [2.75, 3.05) is 45.8 Å². The summed E-state index contributed by atoms with van der Waals surface area (Å²) in [7, 11) is 0. The molecule has 0 aliphatic carbocycles. The minimum Gasteiger partial charge on any atom is -0.352 e. The highest BCUT2D eigenvalue weighted by Gasteiger charge is 2.33. The van der Waals surface area contributed by atoms with Gasteiger partial charge < -0.3 is 20.4 Å². The molecule has 42 heavy (non-hydrogen) atoms. The molecule has 6 heteroatoms. The fourth-order valence-electron chi connectivity index (χ4n) is 6.62. The van der Waals surface area contributed by atoms with Crippen LogP contribution in [0.25, 0.3) is 10.8 Å². The Labute approximate surface area is 251 Å². The Morgan fingerprint density at radius 2 is 1.67 bits per heavy atom. The largest absolute Gasteiger partial charge is 0.352 e. The molecule has 0 aromatic heterocycles. The van der Waals surface area contributed by atoms with Gasteiger partial charge in [0.2, 0.25) is 5.91 Å². The normalized spacial score (nSPS) is 20.9. The number of carbonyl (C=O) groups excluding carboxylic acids is 2. The molecule has 1 unspecified atom stereocenters.